The average molecular weight is 268 g/mol. The summed E-state index contributed by atoms with van der Waals surface area (Å²) in [4.78, 5) is 19.9. The van der Waals surface area contributed by atoms with Gasteiger partial charge in [-0.15, -0.1) is 11.3 Å². The zero-order valence-electron chi connectivity index (χ0n) is 10.9. The number of carbonyl (C=O) groups is 1. The molecule has 1 aliphatic rings. The van der Waals surface area contributed by atoms with Crippen molar-refractivity contribution in [3.63, 3.8) is 0 Å². The van der Waals surface area contributed by atoms with Gasteiger partial charge in [-0.2, -0.15) is 0 Å². The Balaban J connectivity index is 2.04. The maximum atomic E-state index is 11.7. The molecule has 2 rings (SSSR count). The van der Waals surface area contributed by atoms with Gasteiger partial charge in [0.1, 0.15) is 0 Å². The number of anilines is 1. The number of nitrogens with zero attached hydrogens (tertiary/aromatic N) is 2. The first-order chi connectivity index (χ1) is 8.63. The smallest absolute Gasteiger partial charge is 0.230 e. The van der Waals surface area contributed by atoms with E-state index in [1.165, 1.54) is 4.88 Å². The van der Waals surface area contributed by atoms with Crippen LogP contribution in [0.1, 0.15) is 24.4 Å². The summed E-state index contributed by atoms with van der Waals surface area (Å²) in [6.07, 6.45) is 0.974. The molecule has 0 spiro atoms. The van der Waals surface area contributed by atoms with Gasteiger partial charge in [-0.1, -0.05) is 13.8 Å². The van der Waals surface area contributed by atoms with E-state index in [0.717, 1.165) is 31.7 Å². The molecule has 0 saturated heterocycles. The van der Waals surface area contributed by atoms with Gasteiger partial charge < -0.3 is 11.1 Å². The van der Waals surface area contributed by atoms with Crippen LogP contribution in [0.25, 0.3) is 0 Å². The number of thiazole rings is 1. The van der Waals surface area contributed by atoms with Crippen molar-refractivity contribution in [2.24, 2.45) is 11.7 Å². The number of likely N-dealkylation sites (N-methyl/N-ethyl adjacent to an activating group) is 1. The minimum atomic E-state index is -0.168. The number of carbonyl (C=O) groups excluding carboxylic acids is 1. The van der Waals surface area contributed by atoms with Crippen molar-refractivity contribution in [1.29, 1.82) is 0 Å². The largest absolute Gasteiger partial charge is 0.330 e. The molecule has 0 radical (unpaired) electrons. The van der Waals surface area contributed by atoms with Gasteiger partial charge in [-0.25, -0.2) is 4.98 Å². The Morgan fingerprint density at radius 3 is 3.11 bits per heavy atom. The predicted octanol–water partition coefficient (Wildman–Crippen LogP) is 1.05. The highest BCUT2D eigenvalue weighted by molar-refractivity contribution is 7.15. The molecule has 3 N–H and O–H groups in total. The lowest BCUT2D eigenvalue weighted by Gasteiger charge is -2.23. The van der Waals surface area contributed by atoms with Crippen LogP contribution in [0, 0.1) is 5.92 Å². The molecule has 1 aromatic rings. The van der Waals surface area contributed by atoms with E-state index in [9.17, 15) is 4.79 Å². The number of nitrogens with two attached hydrogens (primary N) is 1. The molecule has 100 valence electrons. The topological polar surface area (TPSA) is 71.2 Å². The first kappa shape index (κ1) is 13.5. The molecular weight excluding hydrogens is 248 g/mol. The van der Waals surface area contributed by atoms with Gasteiger partial charge in [0, 0.05) is 36.9 Å². The summed E-state index contributed by atoms with van der Waals surface area (Å²) >= 11 is 1.59. The lowest BCUT2D eigenvalue weighted by atomic mass is 10.2. The third-order valence-corrected chi connectivity index (χ3v) is 4.29. The maximum Gasteiger partial charge on any atom is 0.230 e. The minimum Gasteiger partial charge on any atom is -0.330 e. The van der Waals surface area contributed by atoms with E-state index in [1.54, 1.807) is 11.3 Å². The fourth-order valence-corrected chi connectivity index (χ4v) is 2.96. The number of amides is 1. The van der Waals surface area contributed by atoms with Crippen molar-refractivity contribution < 1.29 is 4.79 Å². The van der Waals surface area contributed by atoms with E-state index in [2.05, 4.69) is 22.1 Å². The van der Waals surface area contributed by atoms with Crippen LogP contribution in [0.5, 0.6) is 0 Å². The van der Waals surface area contributed by atoms with Gasteiger partial charge in [0.05, 0.1) is 5.69 Å². The molecule has 0 saturated carbocycles. The Labute approximate surface area is 111 Å². The van der Waals surface area contributed by atoms with Gasteiger partial charge in [0.25, 0.3) is 0 Å². The van der Waals surface area contributed by atoms with Crippen LogP contribution in [-0.4, -0.2) is 35.4 Å². The van der Waals surface area contributed by atoms with Gasteiger partial charge in [0.15, 0.2) is 5.13 Å². The Bertz CT molecular complexity index is 432. The van der Waals surface area contributed by atoms with Crippen molar-refractivity contribution in [3.8, 4) is 0 Å². The molecule has 0 fully saturated rings. The number of nitrogens with one attached hydrogen (secondary N) is 1. The van der Waals surface area contributed by atoms with Crippen LogP contribution in [0.4, 0.5) is 5.13 Å². The number of hydrogen-bond donors (Lipinski definition) is 2. The van der Waals surface area contributed by atoms with Gasteiger partial charge in [0.2, 0.25) is 5.91 Å². The number of fused-ring (bicyclic) bond motifs is 1. The third-order valence-electron chi connectivity index (χ3n) is 3.29. The van der Waals surface area contributed by atoms with E-state index >= 15 is 0 Å². The second kappa shape index (κ2) is 5.77. The Hall–Kier alpha value is -0.980. The zero-order chi connectivity index (χ0) is 13.1. The van der Waals surface area contributed by atoms with Gasteiger partial charge in [-0.3, -0.25) is 9.69 Å². The zero-order valence-corrected chi connectivity index (χ0v) is 11.7. The molecule has 1 unspecified atom stereocenters. The van der Waals surface area contributed by atoms with Crippen LogP contribution in [-0.2, 0) is 17.8 Å². The summed E-state index contributed by atoms with van der Waals surface area (Å²) < 4.78 is 0. The summed E-state index contributed by atoms with van der Waals surface area (Å²) in [5.41, 5.74) is 6.62. The van der Waals surface area contributed by atoms with Crippen LogP contribution in [0.2, 0.25) is 0 Å². The number of hydrogen-bond acceptors (Lipinski definition) is 5. The molecule has 18 heavy (non-hydrogen) atoms. The standard InChI is InChI=1S/C12H20N4OS/c1-3-16-5-4-9-10(7-16)18-12(14-9)15-11(17)8(2)6-13/h8H,3-7,13H2,1-2H3,(H,14,15,17). The van der Waals surface area contributed by atoms with Gasteiger partial charge >= 0.3 is 0 Å². The van der Waals surface area contributed by atoms with E-state index < -0.39 is 0 Å². The van der Waals surface area contributed by atoms with Crippen molar-refractivity contribution in [2.45, 2.75) is 26.8 Å². The molecule has 2 heterocycles. The van der Waals surface area contributed by atoms with Crippen LogP contribution < -0.4 is 11.1 Å². The molecule has 1 amide bonds. The summed E-state index contributed by atoms with van der Waals surface area (Å²) in [5, 5.41) is 3.56. The monoisotopic (exact) mass is 268 g/mol. The van der Waals surface area contributed by atoms with E-state index in [4.69, 9.17) is 5.73 Å². The molecule has 1 aliphatic heterocycles. The fourth-order valence-electron chi connectivity index (χ4n) is 1.91. The normalized spacial score (nSPS) is 17.3. The van der Waals surface area contributed by atoms with Crippen molar-refractivity contribution in [2.75, 3.05) is 25.0 Å². The average Bonchev–Trinajstić information content (AvgIpc) is 2.78. The molecule has 6 heteroatoms. The fraction of sp³-hybridized carbons (Fsp3) is 0.667. The van der Waals surface area contributed by atoms with E-state index in [-0.39, 0.29) is 11.8 Å². The Morgan fingerprint density at radius 1 is 1.67 bits per heavy atom. The molecule has 1 aromatic heterocycles. The summed E-state index contributed by atoms with van der Waals surface area (Å²) in [6.45, 7) is 7.41. The number of aromatic nitrogens is 1. The molecular formula is C12H20N4OS. The van der Waals surface area contributed by atoms with Crippen LogP contribution >= 0.6 is 11.3 Å². The highest BCUT2D eigenvalue weighted by Gasteiger charge is 2.21. The lowest BCUT2D eigenvalue weighted by Crippen LogP contribution is -2.29. The van der Waals surface area contributed by atoms with Gasteiger partial charge in [-0.05, 0) is 6.54 Å². The molecule has 1 atom stereocenters. The SMILES string of the molecule is CCN1CCc2nc(NC(=O)C(C)CN)sc2C1. The molecule has 0 aromatic carbocycles. The first-order valence-electron chi connectivity index (χ1n) is 6.36. The Morgan fingerprint density at radius 2 is 2.44 bits per heavy atom. The van der Waals surface area contributed by atoms with E-state index in [0.29, 0.717) is 11.7 Å². The van der Waals surface area contributed by atoms with Crippen molar-refractivity contribution >= 4 is 22.4 Å². The number of rotatable bonds is 4. The van der Waals surface area contributed by atoms with E-state index in [1.807, 2.05) is 6.92 Å². The maximum absolute atomic E-state index is 11.7. The Kier molecular flexibility index (Phi) is 4.31. The highest BCUT2D eigenvalue weighted by atomic mass is 32.1. The lowest BCUT2D eigenvalue weighted by molar-refractivity contribution is -0.119. The summed E-state index contributed by atoms with van der Waals surface area (Å²) in [6, 6.07) is 0. The molecule has 0 aliphatic carbocycles. The quantitative estimate of drug-likeness (QED) is 0.856. The second-order valence-corrected chi connectivity index (χ2v) is 5.72. The predicted molar refractivity (Wildman–Crippen MR) is 73.6 cm³/mol. The highest BCUT2D eigenvalue weighted by Crippen LogP contribution is 2.28. The third kappa shape index (κ3) is 2.88. The van der Waals surface area contributed by atoms with Crippen LogP contribution in [0.3, 0.4) is 0 Å². The van der Waals surface area contributed by atoms with Crippen molar-refractivity contribution in [1.82, 2.24) is 9.88 Å². The van der Waals surface area contributed by atoms with Crippen molar-refractivity contribution in [3.05, 3.63) is 10.6 Å². The molecule has 5 nitrogen and oxygen atoms in total. The van der Waals surface area contributed by atoms with Crippen LogP contribution in [0.15, 0.2) is 0 Å². The molecule has 0 bridgehead atoms. The minimum absolute atomic E-state index is 0.0454. The second-order valence-electron chi connectivity index (χ2n) is 4.63. The first-order valence-corrected chi connectivity index (χ1v) is 7.17. The summed E-state index contributed by atoms with van der Waals surface area (Å²) in [5.74, 6) is -0.214. The summed E-state index contributed by atoms with van der Waals surface area (Å²) in [7, 11) is 0.